The van der Waals surface area contributed by atoms with Gasteiger partial charge in [-0.05, 0) is 55.0 Å². The maximum Gasteiger partial charge on any atom is 0.127 e. The second kappa shape index (κ2) is 4.62. The van der Waals surface area contributed by atoms with Crippen LogP contribution in [0.25, 0.3) is 0 Å². The molecule has 3 rings (SSSR count). The number of hydrogen-bond acceptors (Lipinski definition) is 1. The molecule has 0 aromatic heterocycles. The van der Waals surface area contributed by atoms with Gasteiger partial charge in [0.1, 0.15) is 11.5 Å². The van der Waals surface area contributed by atoms with Gasteiger partial charge < -0.3 is 4.74 Å². The van der Waals surface area contributed by atoms with Crippen molar-refractivity contribution in [3.05, 3.63) is 60.2 Å². The van der Waals surface area contributed by atoms with Crippen LogP contribution < -0.4 is 4.74 Å². The summed E-state index contributed by atoms with van der Waals surface area (Å²) in [5.41, 5.74) is 1.39. The molecule has 2 aromatic carbocycles. The monoisotopic (exact) mass is 224 g/mol. The third kappa shape index (κ3) is 2.88. The van der Waals surface area contributed by atoms with Gasteiger partial charge in [0.25, 0.3) is 0 Å². The van der Waals surface area contributed by atoms with E-state index in [-0.39, 0.29) is 0 Å². The number of benzene rings is 2. The van der Waals surface area contributed by atoms with E-state index in [2.05, 4.69) is 18.2 Å². The fourth-order valence-electron chi connectivity index (χ4n) is 2.02. The van der Waals surface area contributed by atoms with Gasteiger partial charge in [0.05, 0.1) is 0 Å². The minimum absolute atomic E-state index is 0.899. The minimum atomic E-state index is 0.899. The van der Waals surface area contributed by atoms with Gasteiger partial charge in [0.15, 0.2) is 0 Å². The van der Waals surface area contributed by atoms with Crippen molar-refractivity contribution in [3.8, 4) is 11.5 Å². The molecular formula is C16H16O. The van der Waals surface area contributed by atoms with Crippen LogP contribution in [-0.2, 0) is 6.42 Å². The van der Waals surface area contributed by atoms with Gasteiger partial charge in [-0.15, -0.1) is 0 Å². The smallest absolute Gasteiger partial charge is 0.127 e. The highest BCUT2D eigenvalue weighted by Crippen LogP contribution is 2.33. The van der Waals surface area contributed by atoms with Crippen molar-refractivity contribution in [2.24, 2.45) is 5.92 Å². The molecule has 0 amide bonds. The molecule has 0 atom stereocenters. The molecule has 1 nitrogen and oxygen atoms in total. The zero-order valence-corrected chi connectivity index (χ0v) is 9.80. The van der Waals surface area contributed by atoms with Crippen molar-refractivity contribution in [3.63, 3.8) is 0 Å². The predicted molar refractivity (Wildman–Crippen MR) is 69.4 cm³/mol. The van der Waals surface area contributed by atoms with Crippen LogP contribution in [0.4, 0.5) is 0 Å². The molecule has 1 aliphatic rings. The van der Waals surface area contributed by atoms with Crippen LogP contribution in [0.15, 0.2) is 54.6 Å². The number of ether oxygens (including phenoxy) is 1. The van der Waals surface area contributed by atoms with E-state index >= 15 is 0 Å². The topological polar surface area (TPSA) is 9.23 Å². The zero-order valence-electron chi connectivity index (χ0n) is 9.80. The highest BCUT2D eigenvalue weighted by Gasteiger charge is 2.21. The fourth-order valence-corrected chi connectivity index (χ4v) is 2.02. The van der Waals surface area contributed by atoms with Gasteiger partial charge in [0, 0.05) is 0 Å². The van der Waals surface area contributed by atoms with Gasteiger partial charge in [-0.2, -0.15) is 0 Å². The van der Waals surface area contributed by atoms with Gasteiger partial charge in [-0.3, -0.25) is 0 Å². The van der Waals surface area contributed by atoms with Crippen LogP contribution in [0.3, 0.4) is 0 Å². The minimum Gasteiger partial charge on any atom is -0.457 e. The first kappa shape index (κ1) is 10.4. The Hall–Kier alpha value is -1.76. The standard InChI is InChI=1S/C16H16O/c1-2-6-15(7-3-1)17-16-8-4-5-14(12-16)11-13-9-10-13/h1-8,12-13H,9-11H2. The summed E-state index contributed by atoms with van der Waals surface area (Å²) in [6.07, 6.45) is 3.99. The third-order valence-electron chi connectivity index (χ3n) is 3.10. The van der Waals surface area contributed by atoms with Crippen LogP contribution in [0.5, 0.6) is 11.5 Å². The SMILES string of the molecule is c1ccc(Oc2cccc(CC3CC3)c2)cc1. The highest BCUT2D eigenvalue weighted by molar-refractivity contribution is 5.34. The van der Waals surface area contributed by atoms with Crippen molar-refractivity contribution in [2.45, 2.75) is 19.3 Å². The molecule has 0 spiro atoms. The molecule has 1 saturated carbocycles. The van der Waals surface area contributed by atoms with E-state index in [4.69, 9.17) is 4.74 Å². The molecular weight excluding hydrogens is 208 g/mol. The Kier molecular flexibility index (Phi) is 2.83. The average molecular weight is 224 g/mol. The fraction of sp³-hybridized carbons (Fsp3) is 0.250. The van der Waals surface area contributed by atoms with Gasteiger partial charge in [0.2, 0.25) is 0 Å². The summed E-state index contributed by atoms with van der Waals surface area (Å²) in [5.74, 6) is 2.76. The van der Waals surface area contributed by atoms with Gasteiger partial charge >= 0.3 is 0 Å². The van der Waals surface area contributed by atoms with Crippen LogP contribution in [-0.4, -0.2) is 0 Å². The summed E-state index contributed by atoms with van der Waals surface area (Å²) >= 11 is 0. The summed E-state index contributed by atoms with van der Waals surface area (Å²) in [6, 6.07) is 18.4. The van der Waals surface area contributed by atoms with Crippen molar-refractivity contribution < 1.29 is 4.74 Å². The lowest BCUT2D eigenvalue weighted by Crippen LogP contribution is -1.89. The van der Waals surface area contributed by atoms with E-state index in [1.54, 1.807) is 0 Å². The quantitative estimate of drug-likeness (QED) is 0.746. The second-order valence-electron chi connectivity index (χ2n) is 4.71. The van der Waals surface area contributed by atoms with E-state index in [0.717, 1.165) is 17.4 Å². The molecule has 17 heavy (non-hydrogen) atoms. The summed E-state index contributed by atoms with van der Waals surface area (Å²) in [6.45, 7) is 0. The molecule has 2 aromatic rings. The lowest BCUT2D eigenvalue weighted by atomic mass is 10.1. The zero-order chi connectivity index (χ0) is 11.5. The van der Waals surface area contributed by atoms with Gasteiger partial charge in [-0.1, -0.05) is 30.3 Å². The van der Waals surface area contributed by atoms with E-state index in [1.807, 2.05) is 36.4 Å². The van der Waals surface area contributed by atoms with E-state index in [0.29, 0.717) is 0 Å². The largest absolute Gasteiger partial charge is 0.457 e. The molecule has 0 heterocycles. The maximum atomic E-state index is 5.82. The number of rotatable bonds is 4. The third-order valence-corrected chi connectivity index (χ3v) is 3.10. The van der Waals surface area contributed by atoms with Crippen LogP contribution in [0.1, 0.15) is 18.4 Å². The first-order valence-electron chi connectivity index (χ1n) is 6.22. The Morgan fingerprint density at radius 3 is 2.41 bits per heavy atom. The van der Waals surface area contributed by atoms with Crippen LogP contribution in [0.2, 0.25) is 0 Å². The molecule has 0 radical (unpaired) electrons. The predicted octanol–water partition coefficient (Wildman–Crippen LogP) is 4.43. The van der Waals surface area contributed by atoms with Crippen LogP contribution >= 0.6 is 0 Å². The number of hydrogen-bond donors (Lipinski definition) is 0. The molecule has 1 heteroatoms. The molecule has 0 unspecified atom stereocenters. The molecule has 0 N–H and O–H groups in total. The lowest BCUT2D eigenvalue weighted by molar-refractivity contribution is 0.482. The Morgan fingerprint density at radius 1 is 0.882 bits per heavy atom. The Morgan fingerprint density at radius 2 is 1.65 bits per heavy atom. The summed E-state index contributed by atoms with van der Waals surface area (Å²) < 4.78 is 5.82. The molecule has 1 aliphatic carbocycles. The Labute approximate surface area is 102 Å². The van der Waals surface area contributed by atoms with Gasteiger partial charge in [-0.25, -0.2) is 0 Å². The molecule has 1 fully saturated rings. The van der Waals surface area contributed by atoms with Crippen molar-refractivity contribution >= 4 is 0 Å². The van der Waals surface area contributed by atoms with E-state index in [1.165, 1.54) is 24.8 Å². The Balaban J connectivity index is 1.73. The Bertz CT molecular complexity index is 486. The van der Waals surface area contributed by atoms with E-state index in [9.17, 15) is 0 Å². The molecule has 0 bridgehead atoms. The molecule has 0 saturated heterocycles. The summed E-state index contributed by atoms with van der Waals surface area (Å²) in [5, 5.41) is 0. The lowest BCUT2D eigenvalue weighted by Gasteiger charge is -2.07. The molecule has 0 aliphatic heterocycles. The average Bonchev–Trinajstić information content (AvgIpc) is 3.15. The first-order valence-corrected chi connectivity index (χ1v) is 6.22. The van der Waals surface area contributed by atoms with Crippen molar-refractivity contribution in [2.75, 3.05) is 0 Å². The van der Waals surface area contributed by atoms with E-state index < -0.39 is 0 Å². The normalized spacial score (nSPS) is 14.6. The molecule has 86 valence electrons. The van der Waals surface area contributed by atoms with Crippen LogP contribution in [0, 0.1) is 5.92 Å². The van der Waals surface area contributed by atoms with Crippen molar-refractivity contribution in [1.29, 1.82) is 0 Å². The second-order valence-corrected chi connectivity index (χ2v) is 4.71. The maximum absolute atomic E-state index is 5.82. The highest BCUT2D eigenvalue weighted by atomic mass is 16.5. The summed E-state index contributed by atoms with van der Waals surface area (Å²) in [7, 11) is 0. The number of para-hydroxylation sites is 1. The van der Waals surface area contributed by atoms with Crippen molar-refractivity contribution in [1.82, 2.24) is 0 Å². The summed E-state index contributed by atoms with van der Waals surface area (Å²) in [4.78, 5) is 0. The first-order chi connectivity index (χ1) is 8.40.